The Morgan fingerprint density at radius 1 is 1.03 bits per heavy atom. The summed E-state index contributed by atoms with van der Waals surface area (Å²) in [4.78, 5) is 35.9. The van der Waals surface area contributed by atoms with Gasteiger partial charge in [0, 0.05) is 0 Å². The van der Waals surface area contributed by atoms with Gasteiger partial charge in [0.15, 0.2) is 6.61 Å². The lowest BCUT2D eigenvalue weighted by Gasteiger charge is -2.12. The van der Waals surface area contributed by atoms with Crippen molar-refractivity contribution in [3.05, 3.63) is 82.2 Å². The van der Waals surface area contributed by atoms with E-state index in [1.54, 1.807) is 29.6 Å². The van der Waals surface area contributed by atoms with Crippen LogP contribution in [-0.2, 0) is 16.1 Å². The maximum absolute atomic E-state index is 12.5. The van der Waals surface area contributed by atoms with E-state index >= 15 is 0 Å². The lowest BCUT2D eigenvalue weighted by atomic mass is 10.1. The van der Waals surface area contributed by atoms with Gasteiger partial charge in [-0.3, -0.25) is 9.59 Å². The average molecular weight is 424 g/mol. The molecule has 0 unspecified atom stereocenters. The van der Waals surface area contributed by atoms with Crippen molar-refractivity contribution in [2.24, 2.45) is 5.73 Å². The van der Waals surface area contributed by atoms with Crippen LogP contribution in [0.15, 0.2) is 60.0 Å². The van der Waals surface area contributed by atoms with Gasteiger partial charge in [0.1, 0.15) is 22.9 Å². The van der Waals surface area contributed by atoms with Crippen molar-refractivity contribution in [2.75, 3.05) is 11.9 Å². The Morgan fingerprint density at radius 2 is 1.83 bits per heavy atom. The molecule has 3 N–H and O–H groups in total. The van der Waals surface area contributed by atoms with Crippen molar-refractivity contribution in [3.63, 3.8) is 0 Å². The van der Waals surface area contributed by atoms with Crippen LogP contribution in [0.25, 0.3) is 0 Å². The molecule has 0 saturated carbocycles. The fourth-order valence-corrected chi connectivity index (χ4v) is 3.50. The van der Waals surface area contributed by atoms with Crippen molar-refractivity contribution >= 4 is 34.1 Å². The third kappa shape index (κ3) is 5.45. The van der Waals surface area contributed by atoms with Crippen LogP contribution >= 0.6 is 11.3 Å². The van der Waals surface area contributed by atoms with Gasteiger partial charge in [-0.15, -0.1) is 11.3 Å². The maximum atomic E-state index is 12.5. The lowest BCUT2D eigenvalue weighted by molar-refractivity contribution is -0.119. The summed E-state index contributed by atoms with van der Waals surface area (Å²) in [5.41, 5.74) is 7.75. The highest BCUT2D eigenvalue weighted by molar-refractivity contribution is 7.14. The zero-order chi connectivity index (χ0) is 21.5. The van der Waals surface area contributed by atoms with Gasteiger partial charge < -0.3 is 20.5 Å². The summed E-state index contributed by atoms with van der Waals surface area (Å²) in [6.45, 7) is 1.77. The molecule has 30 heavy (non-hydrogen) atoms. The molecule has 3 rings (SSSR count). The number of primary amides is 1. The molecule has 0 aliphatic heterocycles. The van der Waals surface area contributed by atoms with Crippen LogP contribution in [0.3, 0.4) is 0 Å². The van der Waals surface area contributed by atoms with E-state index in [1.807, 2.05) is 31.2 Å². The average Bonchev–Trinajstić information content (AvgIpc) is 3.19. The number of carbonyl (C=O) groups excluding carboxylic acids is 3. The molecule has 0 saturated heterocycles. The monoisotopic (exact) mass is 424 g/mol. The molecule has 0 radical (unpaired) electrons. The number of nitrogens with one attached hydrogen (secondary N) is 1. The molecule has 1 aromatic heterocycles. The first-order valence-electron chi connectivity index (χ1n) is 9.05. The minimum Gasteiger partial charge on any atom is -0.488 e. The van der Waals surface area contributed by atoms with Crippen LogP contribution in [0.1, 0.15) is 31.8 Å². The van der Waals surface area contributed by atoms with Crippen molar-refractivity contribution < 1.29 is 23.9 Å². The van der Waals surface area contributed by atoms with Gasteiger partial charge in [0.05, 0.1) is 5.56 Å². The zero-order valence-electron chi connectivity index (χ0n) is 16.2. The second kappa shape index (κ2) is 9.71. The first kappa shape index (κ1) is 21.1. The minimum atomic E-state index is -0.689. The van der Waals surface area contributed by atoms with Crippen molar-refractivity contribution in [1.82, 2.24) is 0 Å². The Labute approximate surface area is 177 Å². The van der Waals surface area contributed by atoms with Crippen molar-refractivity contribution in [2.45, 2.75) is 13.5 Å². The highest BCUT2D eigenvalue weighted by Crippen LogP contribution is 2.23. The van der Waals surface area contributed by atoms with E-state index in [0.29, 0.717) is 17.4 Å². The van der Waals surface area contributed by atoms with Gasteiger partial charge in [0.2, 0.25) is 0 Å². The van der Waals surface area contributed by atoms with Gasteiger partial charge in [-0.2, -0.15) is 0 Å². The van der Waals surface area contributed by atoms with Crippen molar-refractivity contribution in [1.29, 1.82) is 0 Å². The first-order valence-corrected chi connectivity index (χ1v) is 9.93. The molecule has 154 valence electrons. The Bertz CT molecular complexity index is 1080. The summed E-state index contributed by atoms with van der Waals surface area (Å²) in [5, 5.41) is 4.45. The largest absolute Gasteiger partial charge is 0.488 e. The number of nitrogens with two attached hydrogens (primary N) is 1. The fourth-order valence-electron chi connectivity index (χ4n) is 2.70. The standard InChI is InChI=1S/C22H20N2O5S/c1-14-5-4-6-15(11-14)12-28-18-8-3-2-7-16(18)22(27)29-13-19(25)24-21-17(20(23)26)9-10-30-21/h2-11H,12-13H2,1H3,(H2,23,26)(H,24,25). The summed E-state index contributed by atoms with van der Waals surface area (Å²) >= 11 is 1.15. The van der Waals surface area contributed by atoms with E-state index < -0.39 is 24.4 Å². The van der Waals surface area contributed by atoms with Crippen LogP contribution in [0.4, 0.5) is 5.00 Å². The highest BCUT2D eigenvalue weighted by Gasteiger charge is 2.17. The topological polar surface area (TPSA) is 108 Å². The van der Waals surface area contributed by atoms with Gasteiger partial charge in [-0.1, -0.05) is 42.0 Å². The molecular formula is C22H20N2O5S. The number of ether oxygens (including phenoxy) is 2. The molecular weight excluding hydrogens is 404 g/mol. The zero-order valence-corrected chi connectivity index (χ0v) is 17.0. The number of carbonyl (C=O) groups is 3. The van der Waals surface area contributed by atoms with Crippen LogP contribution in [0, 0.1) is 6.92 Å². The Kier molecular flexibility index (Phi) is 6.82. The number of benzene rings is 2. The number of para-hydroxylation sites is 1. The molecule has 2 aromatic carbocycles. The summed E-state index contributed by atoms with van der Waals surface area (Å²) in [7, 11) is 0. The molecule has 8 heteroatoms. The van der Waals surface area contributed by atoms with E-state index in [4.69, 9.17) is 15.2 Å². The summed E-state index contributed by atoms with van der Waals surface area (Å²) in [6.07, 6.45) is 0. The molecule has 0 fully saturated rings. The predicted octanol–water partition coefficient (Wildman–Crippen LogP) is 3.53. The summed E-state index contributed by atoms with van der Waals surface area (Å²) in [5.74, 6) is -1.56. The fraction of sp³-hybridized carbons (Fsp3) is 0.136. The van der Waals surface area contributed by atoms with Crippen LogP contribution < -0.4 is 15.8 Å². The van der Waals surface area contributed by atoms with Crippen molar-refractivity contribution in [3.8, 4) is 5.75 Å². The van der Waals surface area contributed by atoms with E-state index in [9.17, 15) is 14.4 Å². The maximum Gasteiger partial charge on any atom is 0.342 e. The number of aryl methyl sites for hydroxylation is 1. The van der Waals surface area contributed by atoms with Crippen LogP contribution in [0.5, 0.6) is 5.75 Å². The number of rotatable bonds is 8. The van der Waals surface area contributed by atoms with E-state index in [2.05, 4.69) is 5.32 Å². The Morgan fingerprint density at radius 3 is 2.60 bits per heavy atom. The van der Waals surface area contributed by atoms with Gasteiger partial charge in [-0.25, -0.2) is 4.79 Å². The Balaban J connectivity index is 1.59. The minimum absolute atomic E-state index is 0.203. The third-order valence-corrected chi connectivity index (χ3v) is 4.93. The molecule has 0 atom stereocenters. The smallest absolute Gasteiger partial charge is 0.342 e. The number of hydrogen-bond donors (Lipinski definition) is 2. The number of esters is 1. The molecule has 2 amide bonds. The number of hydrogen-bond acceptors (Lipinski definition) is 6. The van der Waals surface area contributed by atoms with E-state index in [1.165, 1.54) is 6.07 Å². The molecule has 0 aliphatic carbocycles. The summed E-state index contributed by atoms with van der Waals surface area (Å²) in [6, 6.07) is 16.0. The normalized spacial score (nSPS) is 10.3. The van der Waals surface area contributed by atoms with Crippen LogP contribution in [0.2, 0.25) is 0 Å². The van der Waals surface area contributed by atoms with Gasteiger partial charge in [-0.05, 0) is 36.1 Å². The third-order valence-electron chi connectivity index (χ3n) is 4.10. The second-order valence-electron chi connectivity index (χ2n) is 6.43. The first-order chi connectivity index (χ1) is 14.4. The number of anilines is 1. The lowest BCUT2D eigenvalue weighted by Crippen LogP contribution is -2.22. The SMILES string of the molecule is Cc1cccc(COc2ccccc2C(=O)OCC(=O)Nc2sccc2C(N)=O)c1. The molecule has 0 aliphatic rings. The predicted molar refractivity (Wildman–Crippen MR) is 114 cm³/mol. The number of thiophene rings is 1. The second-order valence-corrected chi connectivity index (χ2v) is 7.34. The van der Waals surface area contributed by atoms with Gasteiger partial charge >= 0.3 is 5.97 Å². The molecule has 0 bridgehead atoms. The van der Waals surface area contributed by atoms with E-state index in [-0.39, 0.29) is 11.1 Å². The summed E-state index contributed by atoms with van der Waals surface area (Å²) < 4.78 is 10.9. The molecule has 7 nitrogen and oxygen atoms in total. The molecule has 3 aromatic rings. The molecule has 1 heterocycles. The van der Waals surface area contributed by atoms with Gasteiger partial charge in [0.25, 0.3) is 11.8 Å². The Hall–Kier alpha value is -3.65. The highest BCUT2D eigenvalue weighted by atomic mass is 32.1. The quantitative estimate of drug-likeness (QED) is 0.538. The van der Waals surface area contributed by atoms with E-state index in [0.717, 1.165) is 22.5 Å². The molecule has 0 spiro atoms. The number of amides is 2. The van der Waals surface area contributed by atoms with Crippen LogP contribution in [-0.4, -0.2) is 24.4 Å².